The van der Waals surface area contributed by atoms with Crippen LogP contribution < -0.4 is 19.5 Å². The highest BCUT2D eigenvalue weighted by Gasteiger charge is 2.21. The van der Waals surface area contributed by atoms with Gasteiger partial charge in [0.15, 0.2) is 23.4 Å². The minimum atomic E-state index is -1.07. The molecule has 0 aliphatic heterocycles. The van der Waals surface area contributed by atoms with E-state index in [1.165, 1.54) is 40.5 Å². The van der Waals surface area contributed by atoms with Crippen molar-refractivity contribution in [3.63, 3.8) is 0 Å². The third kappa shape index (κ3) is 5.88. The Kier molecular flexibility index (Phi) is 7.92. The van der Waals surface area contributed by atoms with Crippen LogP contribution in [-0.4, -0.2) is 44.3 Å². The average molecular weight is 443 g/mol. The van der Waals surface area contributed by atoms with Crippen molar-refractivity contribution in [2.45, 2.75) is 19.4 Å². The van der Waals surface area contributed by atoms with Gasteiger partial charge < -0.3 is 24.3 Å². The van der Waals surface area contributed by atoms with Crippen molar-refractivity contribution in [1.82, 2.24) is 4.98 Å². The quantitative estimate of drug-likeness (QED) is 0.624. The van der Waals surface area contributed by atoms with E-state index in [0.717, 1.165) is 0 Å². The number of carbonyl (C=O) groups is 2. The maximum Gasteiger partial charge on any atom is 0.311 e. The van der Waals surface area contributed by atoms with Gasteiger partial charge in [-0.2, -0.15) is 0 Å². The van der Waals surface area contributed by atoms with Gasteiger partial charge in [0.1, 0.15) is 0 Å². The Labute approximate surface area is 178 Å². The smallest absolute Gasteiger partial charge is 0.311 e. The number of hydrogen-bond donors (Lipinski definition) is 1. The van der Waals surface area contributed by atoms with Gasteiger partial charge in [-0.15, -0.1) is 0 Å². The molecule has 2 rings (SSSR count). The lowest BCUT2D eigenvalue weighted by Crippen LogP contribution is -2.30. The molecule has 0 spiro atoms. The van der Waals surface area contributed by atoms with Gasteiger partial charge in [0.05, 0.1) is 37.8 Å². The molecule has 1 heterocycles. The van der Waals surface area contributed by atoms with Crippen molar-refractivity contribution in [2.24, 2.45) is 0 Å². The van der Waals surface area contributed by atoms with Gasteiger partial charge in [0.2, 0.25) is 5.75 Å². The molecule has 156 valence electrons. The number of esters is 1. The number of halogens is 2. The molecule has 0 aliphatic rings. The van der Waals surface area contributed by atoms with Crippen LogP contribution in [0.3, 0.4) is 0 Å². The minimum Gasteiger partial charge on any atom is -0.493 e. The number of nitrogens with one attached hydrogen (secondary N) is 1. The van der Waals surface area contributed by atoms with Crippen LogP contribution in [0.15, 0.2) is 24.4 Å². The van der Waals surface area contributed by atoms with Crippen molar-refractivity contribution in [2.75, 3.05) is 26.6 Å². The second-order valence-corrected chi connectivity index (χ2v) is 6.66. The Morgan fingerprint density at radius 1 is 1.07 bits per heavy atom. The summed E-state index contributed by atoms with van der Waals surface area (Å²) in [6.07, 6.45) is 0.163. The summed E-state index contributed by atoms with van der Waals surface area (Å²) in [7, 11) is 4.43. The van der Waals surface area contributed by atoms with Gasteiger partial charge in [0, 0.05) is 6.20 Å². The van der Waals surface area contributed by atoms with Crippen LogP contribution >= 0.6 is 23.2 Å². The maximum absolute atomic E-state index is 12.3. The third-order valence-electron chi connectivity index (χ3n) is 3.80. The second kappa shape index (κ2) is 10.2. The van der Waals surface area contributed by atoms with Crippen molar-refractivity contribution >= 4 is 40.9 Å². The molecule has 0 bridgehead atoms. The third-order valence-corrected chi connectivity index (χ3v) is 4.29. The normalized spacial score (nSPS) is 11.4. The number of nitrogens with zero attached hydrogens (tertiary/aromatic N) is 1. The lowest BCUT2D eigenvalue weighted by atomic mass is 10.1. The van der Waals surface area contributed by atoms with Crippen LogP contribution in [-0.2, 0) is 20.7 Å². The van der Waals surface area contributed by atoms with Gasteiger partial charge >= 0.3 is 5.97 Å². The van der Waals surface area contributed by atoms with E-state index in [2.05, 4.69) is 10.3 Å². The van der Waals surface area contributed by atoms with E-state index < -0.39 is 18.0 Å². The van der Waals surface area contributed by atoms with Crippen LogP contribution in [0, 0.1) is 0 Å². The lowest BCUT2D eigenvalue weighted by Gasteiger charge is -2.15. The van der Waals surface area contributed by atoms with E-state index in [1.54, 1.807) is 12.1 Å². The van der Waals surface area contributed by atoms with E-state index >= 15 is 0 Å². The molecule has 2 aromatic rings. The molecule has 1 atom stereocenters. The fourth-order valence-electron chi connectivity index (χ4n) is 2.42. The molecule has 1 unspecified atom stereocenters. The molecule has 0 fully saturated rings. The molecule has 8 nitrogen and oxygen atoms in total. The molecule has 1 N–H and O–H groups in total. The monoisotopic (exact) mass is 442 g/mol. The zero-order valence-electron chi connectivity index (χ0n) is 16.2. The Bertz CT molecular complexity index is 881. The highest BCUT2D eigenvalue weighted by molar-refractivity contribution is 6.36. The van der Waals surface area contributed by atoms with E-state index in [4.69, 9.17) is 42.1 Å². The van der Waals surface area contributed by atoms with Gasteiger partial charge in [-0.05, 0) is 30.7 Å². The molecular formula is C19H20Cl2N2O6. The number of anilines is 1. The summed E-state index contributed by atoms with van der Waals surface area (Å²) in [5, 5.41) is 2.98. The fourth-order valence-corrected chi connectivity index (χ4v) is 2.85. The number of hydrogen-bond acceptors (Lipinski definition) is 7. The topological polar surface area (TPSA) is 96.0 Å². The number of benzene rings is 1. The first-order valence-electron chi connectivity index (χ1n) is 8.39. The zero-order valence-corrected chi connectivity index (χ0v) is 17.8. The van der Waals surface area contributed by atoms with Crippen molar-refractivity contribution in [1.29, 1.82) is 0 Å². The summed E-state index contributed by atoms with van der Waals surface area (Å²) >= 11 is 11.7. The SMILES string of the molecule is COc1cc(CC(=O)OC(C)C(=O)Nc2ncc(Cl)cc2Cl)cc(OC)c1OC. The number of ether oxygens (including phenoxy) is 4. The van der Waals surface area contributed by atoms with Crippen LogP contribution in [0.4, 0.5) is 5.82 Å². The van der Waals surface area contributed by atoms with Gasteiger partial charge in [-0.1, -0.05) is 23.2 Å². The predicted molar refractivity (Wildman–Crippen MR) is 108 cm³/mol. The van der Waals surface area contributed by atoms with E-state index in [-0.39, 0.29) is 17.3 Å². The van der Waals surface area contributed by atoms with Crippen LogP contribution in [0.25, 0.3) is 0 Å². The summed E-state index contributed by atoms with van der Waals surface area (Å²) in [5.74, 6) is 0.144. The average Bonchev–Trinajstić information content (AvgIpc) is 2.68. The summed E-state index contributed by atoms with van der Waals surface area (Å²) in [4.78, 5) is 28.4. The molecule has 1 aromatic heterocycles. The lowest BCUT2D eigenvalue weighted by molar-refractivity contribution is -0.152. The largest absolute Gasteiger partial charge is 0.493 e. The van der Waals surface area contributed by atoms with Crippen LogP contribution in [0.1, 0.15) is 12.5 Å². The highest BCUT2D eigenvalue weighted by atomic mass is 35.5. The first kappa shape index (κ1) is 22.6. The zero-order chi connectivity index (χ0) is 21.6. The van der Waals surface area contributed by atoms with Gasteiger partial charge in [-0.3, -0.25) is 9.59 Å². The second-order valence-electron chi connectivity index (χ2n) is 5.82. The number of aromatic nitrogens is 1. The molecule has 1 amide bonds. The van der Waals surface area contributed by atoms with Crippen LogP contribution in [0.5, 0.6) is 17.2 Å². The molecular weight excluding hydrogens is 423 g/mol. The molecule has 0 aliphatic carbocycles. The summed E-state index contributed by atoms with van der Waals surface area (Å²) in [6.45, 7) is 1.44. The first-order chi connectivity index (χ1) is 13.8. The number of carbonyl (C=O) groups excluding carboxylic acids is 2. The van der Waals surface area contributed by atoms with Crippen molar-refractivity contribution < 1.29 is 28.5 Å². The van der Waals surface area contributed by atoms with Crippen LogP contribution in [0.2, 0.25) is 10.0 Å². The molecule has 0 radical (unpaired) electrons. The van der Waals surface area contributed by atoms with Crippen molar-refractivity contribution in [3.8, 4) is 17.2 Å². The van der Waals surface area contributed by atoms with E-state index in [0.29, 0.717) is 27.8 Å². The highest BCUT2D eigenvalue weighted by Crippen LogP contribution is 2.38. The molecule has 0 saturated carbocycles. The molecule has 0 saturated heterocycles. The Morgan fingerprint density at radius 2 is 1.69 bits per heavy atom. The molecule has 29 heavy (non-hydrogen) atoms. The molecule has 1 aromatic carbocycles. The molecule has 10 heteroatoms. The summed E-state index contributed by atoms with van der Waals surface area (Å²) < 4.78 is 21.0. The minimum absolute atomic E-state index is 0.103. The summed E-state index contributed by atoms with van der Waals surface area (Å²) in [5.41, 5.74) is 0.569. The number of methoxy groups -OCH3 is 3. The van der Waals surface area contributed by atoms with Gasteiger partial charge in [0.25, 0.3) is 5.91 Å². The fraction of sp³-hybridized carbons (Fsp3) is 0.316. The Morgan fingerprint density at radius 3 is 2.21 bits per heavy atom. The van der Waals surface area contributed by atoms with E-state index in [9.17, 15) is 9.59 Å². The summed E-state index contributed by atoms with van der Waals surface area (Å²) in [6, 6.07) is 4.70. The first-order valence-corrected chi connectivity index (χ1v) is 9.14. The standard InChI is InChI=1S/C19H20Cl2N2O6/c1-10(19(25)23-18-13(21)8-12(20)9-22-18)29-16(24)7-11-5-14(26-2)17(28-4)15(6-11)27-3/h5-6,8-10H,7H2,1-4H3,(H,22,23,25). The van der Waals surface area contributed by atoms with Gasteiger partial charge in [-0.25, -0.2) is 4.98 Å². The predicted octanol–water partition coefficient (Wildman–Crippen LogP) is 3.53. The Hall–Kier alpha value is -2.71. The maximum atomic E-state index is 12.3. The van der Waals surface area contributed by atoms with Crippen molar-refractivity contribution in [3.05, 3.63) is 40.0 Å². The number of amides is 1. The number of pyridine rings is 1. The number of rotatable bonds is 8. The Balaban J connectivity index is 2.03. The van der Waals surface area contributed by atoms with E-state index in [1.807, 2.05) is 0 Å².